The highest BCUT2D eigenvalue weighted by molar-refractivity contribution is 5.80. The number of rotatable bonds is 2. The molecule has 1 N–H and O–H groups in total. The highest BCUT2D eigenvalue weighted by Gasteiger charge is 2.15. The number of nitrogens with zero attached hydrogens (tertiary/aromatic N) is 4. The Balaban J connectivity index is 1.58. The fourth-order valence-electron chi connectivity index (χ4n) is 3.48. The second-order valence-electron chi connectivity index (χ2n) is 6.85. The molecule has 1 aliphatic heterocycles. The minimum atomic E-state index is -0.424. The van der Waals surface area contributed by atoms with E-state index in [2.05, 4.69) is 20.3 Å². The summed E-state index contributed by atoms with van der Waals surface area (Å²) < 4.78 is 7.30. The van der Waals surface area contributed by atoms with Crippen LogP contribution in [0.3, 0.4) is 0 Å². The third-order valence-corrected chi connectivity index (χ3v) is 4.92. The van der Waals surface area contributed by atoms with Crippen LogP contribution in [-0.2, 0) is 0 Å². The maximum absolute atomic E-state index is 12.6. The number of fused-ring (bicyclic) bond motifs is 2. The molecule has 0 saturated carbocycles. The van der Waals surface area contributed by atoms with E-state index >= 15 is 0 Å². The van der Waals surface area contributed by atoms with Crippen LogP contribution in [0.5, 0.6) is 0 Å². The second-order valence-corrected chi connectivity index (χ2v) is 6.85. The van der Waals surface area contributed by atoms with E-state index in [0.29, 0.717) is 17.0 Å². The van der Waals surface area contributed by atoms with E-state index in [4.69, 9.17) is 4.42 Å². The molecule has 0 atom stereocenters. The SMILES string of the molecule is Cc1ccn2nc(-c3cc4ccc(N5CCNCC5)nc4oc3=O)cc2c1. The van der Waals surface area contributed by atoms with Gasteiger partial charge in [-0.15, -0.1) is 0 Å². The van der Waals surface area contributed by atoms with Crippen molar-refractivity contribution in [2.24, 2.45) is 0 Å². The van der Waals surface area contributed by atoms with Gasteiger partial charge in [0.1, 0.15) is 11.5 Å². The lowest BCUT2D eigenvalue weighted by Gasteiger charge is -2.28. The molecule has 0 aromatic carbocycles. The smallest absolute Gasteiger partial charge is 0.347 e. The Morgan fingerprint density at radius 1 is 1.11 bits per heavy atom. The molecule has 0 aliphatic carbocycles. The van der Waals surface area contributed by atoms with Crippen molar-refractivity contribution in [3.05, 3.63) is 58.6 Å². The number of pyridine rings is 2. The van der Waals surface area contributed by atoms with E-state index in [1.54, 1.807) is 4.52 Å². The zero-order chi connectivity index (χ0) is 18.4. The zero-order valence-corrected chi connectivity index (χ0v) is 15.0. The van der Waals surface area contributed by atoms with Crippen LogP contribution in [0.1, 0.15) is 5.56 Å². The van der Waals surface area contributed by atoms with E-state index in [1.807, 2.05) is 49.5 Å². The average molecular weight is 361 g/mol. The van der Waals surface area contributed by atoms with Gasteiger partial charge in [-0.2, -0.15) is 10.1 Å². The highest BCUT2D eigenvalue weighted by atomic mass is 16.4. The van der Waals surface area contributed by atoms with Gasteiger partial charge in [-0.05, 0) is 48.9 Å². The van der Waals surface area contributed by atoms with Gasteiger partial charge in [0.05, 0.1) is 11.1 Å². The van der Waals surface area contributed by atoms with Crippen molar-refractivity contribution in [3.63, 3.8) is 0 Å². The van der Waals surface area contributed by atoms with Crippen LogP contribution in [0.15, 0.2) is 51.8 Å². The van der Waals surface area contributed by atoms with Crippen molar-refractivity contribution in [2.75, 3.05) is 31.1 Å². The summed E-state index contributed by atoms with van der Waals surface area (Å²) in [5.74, 6) is 0.836. The fourth-order valence-corrected chi connectivity index (χ4v) is 3.48. The molecule has 7 heteroatoms. The van der Waals surface area contributed by atoms with Gasteiger partial charge in [0.2, 0.25) is 5.71 Å². The predicted octanol–water partition coefficient (Wildman–Crippen LogP) is 2.22. The number of hydrogen-bond acceptors (Lipinski definition) is 6. The summed E-state index contributed by atoms with van der Waals surface area (Å²) in [4.78, 5) is 19.3. The van der Waals surface area contributed by atoms with Gasteiger partial charge in [-0.1, -0.05) is 0 Å². The van der Waals surface area contributed by atoms with Crippen LogP contribution in [0.2, 0.25) is 0 Å². The molecule has 0 unspecified atom stereocenters. The molecule has 1 saturated heterocycles. The van der Waals surface area contributed by atoms with Crippen LogP contribution in [-0.4, -0.2) is 40.8 Å². The molecule has 0 radical (unpaired) electrons. The molecule has 7 nitrogen and oxygen atoms in total. The van der Waals surface area contributed by atoms with Crippen molar-refractivity contribution in [1.82, 2.24) is 19.9 Å². The number of hydrogen-bond donors (Lipinski definition) is 1. The van der Waals surface area contributed by atoms with Crippen LogP contribution < -0.4 is 15.8 Å². The van der Waals surface area contributed by atoms with E-state index in [9.17, 15) is 4.79 Å². The predicted molar refractivity (Wildman–Crippen MR) is 104 cm³/mol. The monoisotopic (exact) mass is 361 g/mol. The third-order valence-electron chi connectivity index (χ3n) is 4.92. The first kappa shape index (κ1) is 16.0. The zero-order valence-electron chi connectivity index (χ0n) is 15.0. The first-order valence-electron chi connectivity index (χ1n) is 9.04. The molecule has 4 aromatic heterocycles. The fraction of sp³-hybridized carbons (Fsp3) is 0.250. The molecular formula is C20H19N5O2. The average Bonchev–Trinajstić information content (AvgIpc) is 3.10. The maximum Gasteiger partial charge on any atom is 0.347 e. The lowest BCUT2D eigenvalue weighted by atomic mass is 10.1. The molecule has 27 heavy (non-hydrogen) atoms. The summed E-state index contributed by atoms with van der Waals surface area (Å²) in [6, 6.07) is 11.6. The maximum atomic E-state index is 12.6. The topological polar surface area (TPSA) is 75.7 Å². The lowest BCUT2D eigenvalue weighted by molar-refractivity contribution is 0.547. The van der Waals surface area contributed by atoms with Crippen molar-refractivity contribution < 1.29 is 4.42 Å². The number of anilines is 1. The van der Waals surface area contributed by atoms with Gasteiger partial charge in [-0.3, -0.25) is 0 Å². The Labute approximate surface area is 155 Å². The Morgan fingerprint density at radius 3 is 2.81 bits per heavy atom. The summed E-state index contributed by atoms with van der Waals surface area (Å²) >= 11 is 0. The van der Waals surface area contributed by atoms with E-state index in [-0.39, 0.29) is 0 Å². The van der Waals surface area contributed by atoms with Gasteiger partial charge in [0, 0.05) is 37.8 Å². The summed E-state index contributed by atoms with van der Waals surface area (Å²) in [6.07, 6.45) is 1.89. The van der Waals surface area contributed by atoms with E-state index < -0.39 is 5.63 Å². The molecule has 5 heterocycles. The van der Waals surface area contributed by atoms with Crippen molar-refractivity contribution >= 4 is 22.4 Å². The van der Waals surface area contributed by atoms with Crippen molar-refractivity contribution in [1.29, 1.82) is 0 Å². The first-order valence-corrected chi connectivity index (χ1v) is 9.04. The number of aromatic nitrogens is 3. The molecule has 0 spiro atoms. The van der Waals surface area contributed by atoms with Gasteiger partial charge in [0.25, 0.3) is 0 Å². The molecule has 0 bridgehead atoms. The Kier molecular flexibility index (Phi) is 3.68. The molecule has 0 amide bonds. The Bertz CT molecular complexity index is 1200. The Morgan fingerprint density at radius 2 is 1.96 bits per heavy atom. The summed E-state index contributed by atoms with van der Waals surface area (Å²) in [5.41, 5.74) is 3.07. The molecular weight excluding hydrogens is 342 g/mol. The number of piperazine rings is 1. The van der Waals surface area contributed by atoms with Crippen LogP contribution in [0, 0.1) is 6.92 Å². The molecule has 136 valence electrons. The van der Waals surface area contributed by atoms with Gasteiger partial charge in [0.15, 0.2) is 0 Å². The summed E-state index contributed by atoms with van der Waals surface area (Å²) in [7, 11) is 0. The van der Waals surface area contributed by atoms with Crippen molar-refractivity contribution in [3.8, 4) is 11.3 Å². The van der Waals surface area contributed by atoms with Crippen LogP contribution in [0.4, 0.5) is 5.82 Å². The normalized spacial score (nSPS) is 14.9. The third kappa shape index (κ3) is 2.86. The van der Waals surface area contributed by atoms with Crippen molar-refractivity contribution in [2.45, 2.75) is 6.92 Å². The quantitative estimate of drug-likeness (QED) is 0.590. The van der Waals surface area contributed by atoms with Gasteiger partial charge in [-0.25, -0.2) is 9.31 Å². The van der Waals surface area contributed by atoms with Crippen LogP contribution >= 0.6 is 0 Å². The number of aryl methyl sites for hydroxylation is 1. The summed E-state index contributed by atoms with van der Waals surface area (Å²) in [6.45, 7) is 5.66. The van der Waals surface area contributed by atoms with Crippen LogP contribution in [0.25, 0.3) is 27.9 Å². The van der Waals surface area contributed by atoms with E-state index in [1.165, 1.54) is 0 Å². The minimum absolute atomic E-state index is 0.361. The minimum Gasteiger partial charge on any atom is -0.403 e. The largest absolute Gasteiger partial charge is 0.403 e. The molecule has 1 aliphatic rings. The second kappa shape index (κ2) is 6.21. The Hall–Kier alpha value is -3.19. The lowest BCUT2D eigenvalue weighted by Crippen LogP contribution is -2.43. The van der Waals surface area contributed by atoms with Gasteiger partial charge >= 0.3 is 5.63 Å². The molecule has 5 rings (SSSR count). The number of nitrogens with one attached hydrogen (secondary N) is 1. The van der Waals surface area contributed by atoms with E-state index in [0.717, 1.165) is 48.5 Å². The first-order chi connectivity index (χ1) is 13.2. The summed E-state index contributed by atoms with van der Waals surface area (Å²) in [5, 5.41) is 8.61. The highest BCUT2D eigenvalue weighted by Crippen LogP contribution is 2.23. The standard InChI is InChI=1S/C20H19N5O2/c1-13-4-7-25-15(10-13)12-17(23-25)16-11-14-2-3-18(22-19(14)27-20(16)26)24-8-5-21-6-9-24/h2-4,7,10-12,21H,5-6,8-9H2,1H3. The molecule has 1 fully saturated rings. The van der Waals surface area contributed by atoms with Gasteiger partial charge < -0.3 is 14.6 Å². The molecule has 4 aromatic rings.